The lowest BCUT2D eigenvalue weighted by Gasteiger charge is -2.36. The Morgan fingerprint density at radius 3 is 2.38 bits per heavy atom. The molecule has 2 aromatic carbocycles. The number of hydrogen-bond acceptors (Lipinski definition) is 5. The number of nitrogen functional groups attached to an aromatic ring is 1. The molecule has 194 valence electrons. The number of carbonyl (C=O) groups is 1. The van der Waals surface area contributed by atoms with Crippen LogP contribution in [0.15, 0.2) is 54.7 Å². The number of nitrogens with two attached hydrogens (primary N) is 1. The van der Waals surface area contributed by atoms with Crippen molar-refractivity contribution in [2.45, 2.75) is 44.8 Å². The van der Waals surface area contributed by atoms with Crippen molar-refractivity contribution in [3.05, 3.63) is 75.9 Å². The van der Waals surface area contributed by atoms with E-state index >= 15 is 0 Å². The summed E-state index contributed by atoms with van der Waals surface area (Å²) >= 11 is 12.4. The number of benzene rings is 2. The number of likely N-dealkylation sites (tertiary alicyclic amines) is 2. The van der Waals surface area contributed by atoms with E-state index in [0.717, 1.165) is 42.6 Å². The van der Waals surface area contributed by atoms with Crippen LogP contribution in [0.25, 0.3) is 11.1 Å². The number of ether oxygens (including phenoxy) is 1. The van der Waals surface area contributed by atoms with E-state index in [1.54, 1.807) is 18.3 Å². The fraction of sp³-hybridized carbons (Fsp3) is 0.379. The lowest BCUT2D eigenvalue weighted by atomic mass is 10.0. The lowest BCUT2D eigenvalue weighted by molar-refractivity contribution is 0.0644. The largest absolute Gasteiger partial charge is 0.482 e. The highest BCUT2D eigenvalue weighted by Gasteiger charge is 2.28. The number of rotatable bonds is 6. The summed E-state index contributed by atoms with van der Waals surface area (Å²) in [5.74, 6) is 0.862. The summed E-state index contributed by atoms with van der Waals surface area (Å²) in [5.41, 5.74) is 9.40. The van der Waals surface area contributed by atoms with Crippen LogP contribution in [0, 0.1) is 0 Å². The Hall–Kier alpha value is -2.80. The zero-order valence-corrected chi connectivity index (χ0v) is 22.5. The maximum Gasteiger partial charge on any atom is 0.253 e. The Bertz CT molecular complexity index is 1250. The van der Waals surface area contributed by atoms with Gasteiger partial charge in [-0.2, -0.15) is 0 Å². The normalized spacial score (nSPS) is 17.6. The number of amides is 1. The van der Waals surface area contributed by atoms with Crippen LogP contribution in [0.4, 0.5) is 5.82 Å². The summed E-state index contributed by atoms with van der Waals surface area (Å²) in [7, 11) is 0. The highest BCUT2D eigenvalue weighted by molar-refractivity contribution is 6.35. The number of piperidine rings is 1. The quantitative estimate of drug-likeness (QED) is 0.388. The molecule has 2 aliphatic heterocycles. The fourth-order valence-electron chi connectivity index (χ4n) is 5.32. The first-order chi connectivity index (χ1) is 17.9. The van der Waals surface area contributed by atoms with Gasteiger partial charge in [-0.3, -0.25) is 4.79 Å². The number of aromatic nitrogens is 1. The number of hydrogen-bond donors (Lipinski definition) is 1. The number of halogens is 2. The first-order valence-electron chi connectivity index (χ1n) is 12.9. The highest BCUT2D eigenvalue weighted by Crippen LogP contribution is 2.34. The van der Waals surface area contributed by atoms with Gasteiger partial charge in [-0.1, -0.05) is 41.4 Å². The fourth-order valence-corrected chi connectivity index (χ4v) is 5.88. The first kappa shape index (κ1) is 25.8. The number of pyridine rings is 1. The predicted octanol–water partition coefficient (Wildman–Crippen LogP) is 6.48. The maximum absolute atomic E-state index is 13.1. The van der Waals surface area contributed by atoms with Crippen LogP contribution in [0.3, 0.4) is 0 Å². The van der Waals surface area contributed by atoms with Crippen molar-refractivity contribution in [1.82, 2.24) is 14.8 Å². The molecule has 2 N–H and O–H groups in total. The number of nitrogens with zero attached hydrogens (tertiary/aromatic N) is 3. The van der Waals surface area contributed by atoms with E-state index < -0.39 is 0 Å². The third-order valence-electron chi connectivity index (χ3n) is 7.46. The molecule has 6 nitrogen and oxygen atoms in total. The topological polar surface area (TPSA) is 71.7 Å². The van der Waals surface area contributed by atoms with Crippen LogP contribution in [0.5, 0.6) is 5.75 Å². The van der Waals surface area contributed by atoms with Gasteiger partial charge in [-0.05, 0) is 81.6 Å². The predicted molar refractivity (Wildman–Crippen MR) is 149 cm³/mol. The zero-order valence-electron chi connectivity index (χ0n) is 21.0. The molecule has 0 radical (unpaired) electrons. The Labute approximate surface area is 228 Å². The molecule has 0 aliphatic carbocycles. The van der Waals surface area contributed by atoms with Crippen molar-refractivity contribution in [2.24, 2.45) is 0 Å². The van der Waals surface area contributed by atoms with Gasteiger partial charge in [0, 0.05) is 52.1 Å². The molecule has 1 atom stereocenters. The van der Waals surface area contributed by atoms with Crippen LogP contribution in [0.2, 0.25) is 10.0 Å². The monoisotopic (exact) mass is 538 g/mol. The van der Waals surface area contributed by atoms with E-state index in [1.807, 2.05) is 48.2 Å². The third kappa shape index (κ3) is 5.87. The molecule has 3 aromatic rings. The van der Waals surface area contributed by atoms with Gasteiger partial charge < -0.3 is 20.3 Å². The van der Waals surface area contributed by atoms with Gasteiger partial charge in [0.2, 0.25) is 0 Å². The molecular weight excluding hydrogens is 507 g/mol. The molecule has 2 aliphatic rings. The second-order valence-electron chi connectivity index (χ2n) is 9.88. The maximum atomic E-state index is 13.1. The van der Waals surface area contributed by atoms with Gasteiger partial charge in [0.25, 0.3) is 5.91 Å². The van der Waals surface area contributed by atoms with Crippen molar-refractivity contribution >= 4 is 34.9 Å². The minimum Gasteiger partial charge on any atom is -0.482 e. The molecule has 2 saturated heterocycles. The highest BCUT2D eigenvalue weighted by atomic mass is 35.5. The summed E-state index contributed by atoms with van der Waals surface area (Å²) in [4.78, 5) is 22.0. The van der Waals surface area contributed by atoms with Gasteiger partial charge in [0.05, 0.1) is 0 Å². The minimum absolute atomic E-state index is 0.0968. The molecule has 2 fully saturated rings. The van der Waals surface area contributed by atoms with Crippen molar-refractivity contribution < 1.29 is 9.53 Å². The van der Waals surface area contributed by atoms with Crippen molar-refractivity contribution in [3.63, 3.8) is 0 Å². The lowest BCUT2D eigenvalue weighted by Crippen LogP contribution is -2.45. The minimum atomic E-state index is -0.348. The van der Waals surface area contributed by atoms with E-state index in [-0.39, 0.29) is 12.0 Å². The van der Waals surface area contributed by atoms with E-state index in [0.29, 0.717) is 33.2 Å². The van der Waals surface area contributed by atoms with E-state index in [4.69, 9.17) is 33.7 Å². The van der Waals surface area contributed by atoms with E-state index in [2.05, 4.69) is 9.88 Å². The molecule has 0 bridgehead atoms. The third-order valence-corrected chi connectivity index (χ3v) is 8.02. The molecule has 1 aromatic heterocycles. The summed E-state index contributed by atoms with van der Waals surface area (Å²) in [5, 5.41) is 1.10. The van der Waals surface area contributed by atoms with Crippen LogP contribution >= 0.6 is 23.2 Å². The number of anilines is 1. The van der Waals surface area contributed by atoms with Crippen molar-refractivity contribution in [2.75, 3.05) is 31.9 Å². The van der Waals surface area contributed by atoms with Crippen LogP contribution < -0.4 is 10.5 Å². The SMILES string of the molecule is CC(Oc1cc(-c2ccc(C(=O)N3CCC(N4CCCC4)CC3)cc2)cnc1N)c1ccc(Cl)cc1Cl. The first-order valence-corrected chi connectivity index (χ1v) is 13.7. The zero-order chi connectivity index (χ0) is 25.9. The average molecular weight is 540 g/mol. The molecule has 8 heteroatoms. The smallest absolute Gasteiger partial charge is 0.253 e. The molecule has 5 rings (SSSR count). The summed E-state index contributed by atoms with van der Waals surface area (Å²) in [6, 6.07) is 15.5. The molecule has 0 saturated carbocycles. The Balaban J connectivity index is 1.25. The standard InChI is InChI=1S/C29H32Cl2N4O2/c1-19(25-9-8-23(30)17-26(25)31)37-27-16-22(18-33-28(27)32)20-4-6-21(7-5-20)29(36)35-14-10-24(11-15-35)34-12-2-3-13-34/h4-9,16-19,24H,2-3,10-15H2,1H3,(H2,32,33). The van der Waals surface area contributed by atoms with Crippen molar-refractivity contribution in [3.8, 4) is 16.9 Å². The Kier molecular flexibility index (Phi) is 7.89. The van der Waals surface area contributed by atoms with Gasteiger partial charge in [-0.15, -0.1) is 0 Å². The Morgan fingerprint density at radius 2 is 1.70 bits per heavy atom. The molecule has 1 unspecified atom stereocenters. The van der Waals surface area contributed by atoms with Gasteiger partial charge in [0.1, 0.15) is 6.10 Å². The van der Waals surface area contributed by atoms with E-state index in [1.165, 1.54) is 25.9 Å². The van der Waals surface area contributed by atoms with Crippen molar-refractivity contribution in [1.29, 1.82) is 0 Å². The van der Waals surface area contributed by atoms with Gasteiger partial charge >= 0.3 is 0 Å². The van der Waals surface area contributed by atoms with Gasteiger partial charge in [0.15, 0.2) is 11.6 Å². The van der Waals surface area contributed by atoms with Crippen LogP contribution in [-0.2, 0) is 0 Å². The van der Waals surface area contributed by atoms with Crippen LogP contribution in [-0.4, -0.2) is 52.9 Å². The molecular formula is C29H32Cl2N4O2. The summed E-state index contributed by atoms with van der Waals surface area (Å²) < 4.78 is 6.12. The molecule has 0 spiro atoms. The van der Waals surface area contributed by atoms with Crippen LogP contribution in [0.1, 0.15) is 54.6 Å². The van der Waals surface area contributed by atoms with E-state index in [9.17, 15) is 4.79 Å². The molecule has 1 amide bonds. The molecule has 37 heavy (non-hydrogen) atoms. The Morgan fingerprint density at radius 1 is 1.00 bits per heavy atom. The second kappa shape index (κ2) is 11.3. The molecule has 3 heterocycles. The summed E-state index contributed by atoms with van der Waals surface area (Å²) in [6.07, 6.45) is 6.09. The second-order valence-corrected chi connectivity index (χ2v) is 10.7. The average Bonchev–Trinajstić information content (AvgIpc) is 3.45. The number of carbonyl (C=O) groups excluding carboxylic acids is 1. The summed E-state index contributed by atoms with van der Waals surface area (Å²) in [6.45, 7) is 5.96. The van der Waals surface area contributed by atoms with Gasteiger partial charge in [-0.25, -0.2) is 4.98 Å².